The molecule has 0 amide bonds. The molecule has 0 saturated carbocycles. The summed E-state index contributed by atoms with van der Waals surface area (Å²) in [5, 5.41) is 3.83. The summed E-state index contributed by atoms with van der Waals surface area (Å²) in [4.78, 5) is 21.1. The first-order valence-electron chi connectivity index (χ1n) is 11.0. The molecule has 0 spiro atoms. The number of pyridine rings is 1. The predicted octanol–water partition coefficient (Wildman–Crippen LogP) is 6.81. The van der Waals surface area contributed by atoms with Crippen LogP contribution in [0.25, 0.3) is 11.4 Å². The van der Waals surface area contributed by atoms with Crippen molar-refractivity contribution in [3.05, 3.63) is 101 Å². The van der Waals surface area contributed by atoms with Gasteiger partial charge in [-0.2, -0.15) is 31.3 Å². The Balaban J connectivity index is 1.65. The highest BCUT2D eigenvalue weighted by molar-refractivity contribution is 5.82. The Morgan fingerprint density at radius 3 is 2.30 bits per heavy atom. The molecule has 0 aliphatic carbocycles. The van der Waals surface area contributed by atoms with Crippen molar-refractivity contribution in [2.45, 2.75) is 38.0 Å². The van der Waals surface area contributed by atoms with Crippen LogP contribution in [-0.2, 0) is 23.6 Å². The molecule has 0 N–H and O–H groups in total. The number of alkyl halides is 6. The van der Waals surface area contributed by atoms with Crippen molar-refractivity contribution >= 4 is 5.78 Å². The molecular weight excluding hydrogens is 500 g/mol. The molecule has 4 rings (SSSR count). The summed E-state index contributed by atoms with van der Waals surface area (Å²) in [5.74, 6) is -0.967. The van der Waals surface area contributed by atoms with Crippen molar-refractivity contribution in [2.24, 2.45) is 0 Å². The largest absolute Gasteiger partial charge is 0.418 e. The zero-order valence-electron chi connectivity index (χ0n) is 19.3. The van der Waals surface area contributed by atoms with Crippen LogP contribution in [0.3, 0.4) is 0 Å². The number of aryl methyl sites for hydroxylation is 1. The third-order valence-electron chi connectivity index (χ3n) is 5.66. The van der Waals surface area contributed by atoms with E-state index in [1.54, 1.807) is 31.2 Å². The van der Waals surface area contributed by atoms with Crippen molar-refractivity contribution in [2.75, 3.05) is 0 Å². The van der Waals surface area contributed by atoms with E-state index in [0.29, 0.717) is 22.8 Å². The molecule has 2 heterocycles. The van der Waals surface area contributed by atoms with Gasteiger partial charge in [-0.15, -0.1) is 0 Å². The number of hydrogen-bond donors (Lipinski definition) is 0. The number of rotatable bonds is 7. The maximum atomic E-state index is 13.7. The summed E-state index contributed by atoms with van der Waals surface area (Å²) in [6.45, 7) is 1.62. The number of carbonyl (C=O) groups is 1. The van der Waals surface area contributed by atoms with E-state index in [2.05, 4.69) is 15.1 Å². The Kier molecular flexibility index (Phi) is 7.15. The Morgan fingerprint density at radius 2 is 1.68 bits per heavy atom. The van der Waals surface area contributed by atoms with Crippen LogP contribution in [0.4, 0.5) is 26.3 Å². The Hall–Kier alpha value is -4.02. The van der Waals surface area contributed by atoms with Crippen LogP contribution in [0.2, 0.25) is 0 Å². The molecule has 0 saturated heterocycles. The van der Waals surface area contributed by atoms with E-state index in [1.165, 1.54) is 0 Å². The van der Waals surface area contributed by atoms with Crippen molar-refractivity contribution in [1.29, 1.82) is 0 Å². The number of aromatic nitrogens is 3. The van der Waals surface area contributed by atoms with E-state index in [9.17, 15) is 31.1 Å². The first kappa shape index (κ1) is 26.1. The van der Waals surface area contributed by atoms with Crippen molar-refractivity contribution in [3.8, 4) is 11.4 Å². The van der Waals surface area contributed by atoms with Gasteiger partial charge in [-0.25, -0.2) is 0 Å². The molecule has 2 aromatic carbocycles. The van der Waals surface area contributed by atoms with Gasteiger partial charge in [-0.3, -0.25) is 9.78 Å². The highest BCUT2D eigenvalue weighted by Crippen LogP contribution is 2.39. The van der Waals surface area contributed by atoms with E-state index < -0.39 is 47.3 Å². The first-order valence-corrected chi connectivity index (χ1v) is 11.0. The minimum absolute atomic E-state index is 0.113. The second-order valence-corrected chi connectivity index (χ2v) is 8.36. The molecule has 0 aliphatic heterocycles. The van der Waals surface area contributed by atoms with E-state index >= 15 is 0 Å². The lowest BCUT2D eigenvalue weighted by molar-refractivity contribution is -0.139. The number of ketones is 1. The summed E-state index contributed by atoms with van der Waals surface area (Å²) in [6.07, 6.45) is -8.77. The molecule has 0 bridgehead atoms. The topological polar surface area (TPSA) is 68.9 Å². The van der Waals surface area contributed by atoms with Gasteiger partial charge in [0, 0.05) is 37.4 Å². The third-order valence-corrected chi connectivity index (χ3v) is 5.66. The SMILES string of the molecule is Cc1nc(-c2cccc(CC(=O)C[C@@H](c3ccc(C(F)(F)F)cc3)c3ncccc3C(F)(F)F)c2)no1. The van der Waals surface area contributed by atoms with Gasteiger partial charge in [0.25, 0.3) is 0 Å². The van der Waals surface area contributed by atoms with E-state index in [1.807, 2.05) is 0 Å². The quantitative estimate of drug-likeness (QED) is 0.251. The molecule has 0 fully saturated rings. The summed E-state index contributed by atoms with van der Waals surface area (Å²) in [6, 6.07) is 12.4. The molecule has 2 aromatic heterocycles. The lowest BCUT2D eigenvalue weighted by Crippen LogP contribution is -2.18. The maximum absolute atomic E-state index is 13.7. The van der Waals surface area contributed by atoms with Gasteiger partial charge >= 0.3 is 12.4 Å². The number of benzene rings is 2. The van der Waals surface area contributed by atoms with Gasteiger partial charge in [-0.1, -0.05) is 35.5 Å². The van der Waals surface area contributed by atoms with Crippen molar-refractivity contribution in [3.63, 3.8) is 0 Å². The molecule has 11 heteroatoms. The van der Waals surface area contributed by atoms with Crippen LogP contribution >= 0.6 is 0 Å². The van der Waals surface area contributed by atoms with Gasteiger partial charge in [0.2, 0.25) is 11.7 Å². The third kappa shape index (κ3) is 6.22. The second-order valence-electron chi connectivity index (χ2n) is 8.36. The Morgan fingerprint density at radius 1 is 0.946 bits per heavy atom. The lowest BCUT2D eigenvalue weighted by atomic mass is 9.86. The molecular formula is C26H19F6N3O2. The van der Waals surface area contributed by atoms with Crippen LogP contribution in [0.5, 0.6) is 0 Å². The number of nitrogens with zero attached hydrogens (tertiary/aromatic N) is 3. The molecule has 4 aromatic rings. The zero-order chi connectivity index (χ0) is 26.8. The molecule has 1 atom stereocenters. The number of hydrogen-bond acceptors (Lipinski definition) is 5. The summed E-state index contributed by atoms with van der Waals surface area (Å²) in [5.41, 5.74) is -1.17. The van der Waals surface area contributed by atoms with Gasteiger partial charge in [0.05, 0.1) is 16.8 Å². The first-order chi connectivity index (χ1) is 17.4. The van der Waals surface area contributed by atoms with Gasteiger partial charge in [0.1, 0.15) is 5.78 Å². The molecule has 0 aliphatic rings. The zero-order valence-corrected chi connectivity index (χ0v) is 19.3. The Labute approximate surface area is 207 Å². The summed E-state index contributed by atoms with van der Waals surface area (Å²) < 4.78 is 85.3. The van der Waals surface area contributed by atoms with Gasteiger partial charge in [0.15, 0.2) is 0 Å². The van der Waals surface area contributed by atoms with Gasteiger partial charge < -0.3 is 4.52 Å². The van der Waals surface area contributed by atoms with Crippen LogP contribution in [0, 0.1) is 6.92 Å². The molecule has 0 unspecified atom stereocenters. The summed E-state index contributed by atoms with van der Waals surface area (Å²) in [7, 11) is 0. The fourth-order valence-corrected chi connectivity index (χ4v) is 3.98. The molecule has 37 heavy (non-hydrogen) atoms. The molecule has 0 radical (unpaired) electrons. The van der Waals surface area contributed by atoms with Crippen LogP contribution in [-0.4, -0.2) is 20.9 Å². The van der Waals surface area contributed by atoms with E-state index in [0.717, 1.165) is 42.6 Å². The number of halogens is 6. The molecule has 192 valence electrons. The fourth-order valence-electron chi connectivity index (χ4n) is 3.98. The number of Topliss-reactive ketones (excluding diaryl/α,β-unsaturated/α-hetero) is 1. The van der Waals surface area contributed by atoms with E-state index in [-0.39, 0.29) is 12.0 Å². The van der Waals surface area contributed by atoms with Crippen LogP contribution in [0.15, 0.2) is 71.4 Å². The minimum atomic E-state index is -4.77. The minimum Gasteiger partial charge on any atom is -0.339 e. The van der Waals surface area contributed by atoms with Crippen LogP contribution < -0.4 is 0 Å². The monoisotopic (exact) mass is 519 g/mol. The predicted molar refractivity (Wildman–Crippen MR) is 120 cm³/mol. The average molecular weight is 519 g/mol. The van der Waals surface area contributed by atoms with Gasteiger partial charge in [-0.05, 0) is 41.5 Å². The standard InChI is InChI=1S/C26H19F6N3O2/c1-15-34-24(35-37-15)18-5-2-4-16(12-18)13-20(36)14-21(17-7-9-19(10-8-17)25(27,28)29)23-22(26(30,31)32)6-3-11-33-23/h2-12,21H,13-14H2,1H3/t21-/m0/s1. The summed E-state index contributed by atoms with van der Waals surface area (Å²) >= 11 is 0. The highest BCUT2D eigenvalue weighted by atomic mass is 19.4. The van der Waals surface area contributed by atoms with Crippen LogP contribution in [0.1, 0.15) is 46.2 Å². The molecule has 5 nitrogen and oxygen atoms in total. The van der Waals surface area contributed by atoms with Crippen molar-refractivity contribution in [1.82, 2.24) is 15.1 Å². The maximum Gasteiger partial charge on any atom is 0.418 e. The smallest absolute Gasteiger partial charge is 0.339 e. The Bertz CT molecular complexity index is 1390. The normalized spacial score (nSPS) is 12.9. The number of carbonyl (C=O) groups excluding carboxylic acids is 1. The second kappa shape index (κ2) is 10.2. The lowest BCUT2D eigenvalue weighted by Gasteiger charge is -2.21. The van der Waals surface area contributed by atoms with E-state index in [4.69, 9.17) is 4.52 Å². The average Bonchev–Trinajstić information content (AvgIpc) is 3.28. The highest BCUT2D eigenvalue weighted by Gasteiger charge is 2.37. The van der Waals surface area contributed by atoms with Crippen molar-refractivity contribution < 1.29 is 35.7 Å². The fraction of sp³-hybridized carbons (Fsp3) is 0.231.